The smallest absolute Gasteiger partial charge is 0.125 e. The van der Waals surface area contributed by atoms with E-state index in [1.165, 1.54) is 0 Å². The number of nitrogens with zero attached hydrogens (tertiary/aromatic N) is 2. The summed E-state index contributed by atoms with van der Waals surface area (Å²) >= 11 is 0. The van der Waals surface area contributed by atoms with Gasteiger partial charge in [-0.05, 0) is 55.2 Å². The van der Waals surface area contributed by atoms with E-state index in [1.807, 2.05) is 86.7 Å². The fourth-order valence-corrected chi connectivity index (χ4v) is 5.25. The van der Waals surface area contributed by atoms with Crippen molar-refractivity contribution in [3.63, 3.8) is 0 Å². The number of anilines is 2. The molecule has 4 unspecified atom stereocenters. The predicted molar refractivity (Wildman–Crippen MR) is 133 cm³/mol. The minimum absolute atomic E-state index is 0.513. The van der Waals surface area contributed by atoms with Crippen molar-refractivity contribution in [2.45, 2.75) is 26.1 Å². The summed E-state index contributed by atoms with van der Waals surface area (Å²) in [5, 5.41) is 26.5. The molecule has 1 fully saturated rings. The Kier molecular flexibility index (Phi) is 5.98. The van der Waals surface area contributed by atoms with E-state index in [2.05, 4.69) is 9.80 Å². The molecule has 0 saturated heterocycles. The molecule has 5 nitrogen and oxygen atoms in total. The summed E-state index contributed by atoms with van der Waals surface area (Å²) in [5.74, 6) is -2.36. The van der Waals surface area contributed by atoms with Gasteiger partial charge in [0.1, 0.15) is 5.78 Å². The number of benzene rings is 2. The zero-order chi connectivity index (χ0) is 23.8. The van der Waals surface area contributed by atoms with Crippen molar-refractivity contribution in [2.75, 3.05) is 22.9 Å². The van der Waals surface area contributed by atoms with E-state index >= 15 is 0 Å². The Balaban J connectivity index is 1.46. The molecular formula is C29H28N2O3-2. The largest absolute Gasteiger partial charge is 0.851 e. The molecule has 0 N–H and O–H groups in total. The first-order chi connectivity index (χ1) is 16.5. The predicted octanol–water partition coefficient (Wildman–Crippen LogP) is 3.13. The van der Waals surface area contributed by atoms with Gasteiger partial charge in [0.15, 0.2) is 0 Å². The lowest BCUT2D eigenvalue weighted by molar-refractivity contribution is -0.458. The Hall–Kier alpha value is -3.41. The van der Waals surface area contributed by atoms with Gasteiger partial charge in [-0.2, -0.15) is 0 Å². The van der Waals surface area contributed by atoms with E-state index in [0.717, 1.165) is 33.9 Å². The molecule has 3 aliphatic rings. The van der Waals surface area contributed by atoms with Crippen LogP contribution in [0.3, 0.4) is 0 Å². The number of carbonyl (C=O) groups is 1. The van der Waals surface area contributed by atoms with E-state index in [4.69, 9.17) is 0 Å². The van der Waals surface area contributed by atoms with Gasteiger partial charge < -0.3 is 24.8 Å². The van der Waals surface area contributed by atoms with Crippen LogP contribution in [0.4, 0.5) is 11.4 Å². The van der Waals surface area contributed by atoms with Crippen molar-refractivity contribution in [3.05, 3.63) is 95.4 Å². The molecule has 0 aromatic heterocycles. The van der Waals surface area contributed by atoms with E-state index in [-0.39, 0.29) is 0 Å². The van der Waals surface area contributed by atoms with Gasteiger partial charge in [-0.15, -0.1) is 6.10 Å². The third-order valence-corrected chi connectivity index (χ3v) is 6.98. The Morgan fingerprint density at radius 1 is 0.765 bits per heavy atom. The zero-order valence-corrected chi connectivity index (χ0v) is 19.4. The number of fused-ring (bicyclic) bond motifs is 2. The molecule has 4 atom stereocenters. The molecule has 34 heavy (non-hydrogen) atoms. The van der Waals surface area contributed by atoms with Gasteiger partial charge in [0, 0.05) is 41.8 Å². The number of rotatable bonds is 4. The first-order valence-electron chi connectivity index (χ1n) is 11.9. The molecule has 1 saturated carbocycles. The fraction of sp³-hybridized carbons (Fsp3) is 0.276. The number of hydrogen-bond donors (Lipinski definition) is 0. The fourth-order valence-electron chi connectivity index (χ4n) is 5.25. The first-order valence-corrected chi connectivity index (χ1v) is 11.9. The summed E-state index contributed by atoms with van der Waals surface area (Å²) in [6.07, 6.45) is 8.41. The van der Waals surface area contributed by atoms with Crippen LogP contribution in [0.5, 0.6) is 0 Å². The van der Waals surface area contributed by atoms with Crippen molar-refractivity contribution in [3.8, 4) is 0 Å². The molecule has 0 amide bonds. The highest BCUT2D eigenvalue weighted by Crippen LogP contribution is 2.36. The molecule has 174 valence electrons. The van der Waals surface area contributed by atoms with Crippen LogP contribution in [-0.4, -0.2) is 31.1 Å². The third kappa shape index (κ3) is 3.71. The van der Waals surface area contributed by atoms with Gasteiger partial charge in [0.05, 0.1) is 0 Å². The maximum absolute atomic E-state index is 13.4. The number of likely N-dealkylation sites (N-methyl/N-ethyl adjacent to an activating group) is 2. The second kappa shape index (κ2) is 9.09. The Bertz CT molecular complexity index is 1230. The minimum atomic E-state index is -1.56. The van der Waals surface area contributed by atoms with Crippen LogP contribution in [0.2, 0.25) is 0 Å². The summed E-state index contributed by atoms with van der Waals surface area (Å²) in [6.45, 7) is 5.46. The molecular weight excluding hydrogens is 424 g/mol. The van der Waals surface area contributed by atoms with Gasteiger partial charge in [0.25, 0.3) is 0 Å². The lowest BCUT2D eigenvalue weighted by Crippen LogP contribution is -2.41. The zero-order valence-electron chi connectivity index (χ0n) is 19.4. The molecule has 1 aliphatic carbocycles. The lowest BCUT2D eigenvalue weighted by Gasteiger charge is -2.35. The van der Waals surface area contributed by atoms with Crippen molar-refractivity contribution >= 4 is 29.3 Å². The number of para-hydroxylation sites is 2. The lowest BCUT2D eigenvalue weighted by atomic mass is 9.95. The van der Waals surface area contributed by atoms with Crippen LogP contribution in [0.15, 0.2) is 84.2 Å². The van der Waals surface area contributed by atoms with Gasteiger partial charge in [0.2, 0.25) is 0 Å². The summed E-state index contributed by atoms with van der Waals surface area (Å²) < 4.78 is 0. The topological polar surface area (TPSA) is 69.7 Å². The molecule has 5 rings (SSSR count). The molecule has 2 aromatic rings. The standard InChI is InChI=1S/C29H28N2O3/c1-3-30-21(15-13-19-9-5-7-11-25(19)30)17-23-27(32)24(29(34)28(23)33)18-22-16-14-20-10-6-8-12-26(20)31(22)4-2/h5-18,23-24,27-28H,3-4H2,1-2H3/q-2/b21-17+,22-18+. The van der Waals surface area contributed by atoms with Gasteiger partial charge in [-0.1, -0.05) is 66.8 Å². The van der Waals surface area contributed by atoms with Crippen molar-refractivity contribution < 1.29 is 15.0 Å². The Morgan fingerprint density at radius 2 is 1.26 bits per heavy atom. The van der Waals surface area contributed by atoms with Crippen LogP contribution < -0.4 is 20.0 Å². The van der Waals surface area contributed by atoms with E-state index in [9.17, 15) is 15.0 Å². The second-order valence-corrected chi connectivity index (χ2v) is 8.85. The maximum atomic E-state index is 13.4. The van der Waals surface area contributed by atoms with E-state index < -0.39 is 29.8 Å². The maximum Gasteiger partial charge on any atom is 0.125 e. The van der Waals surface area contributed by atoms with E-state index in [0.29, 0.717) is 13.1 Å². The number of ketones is 1. The molecule has 2 heterocycles. The SMILES string of the molecule is CCN1/C(=C/C2C(=O)C([O-])C(/C=C3\C=Cc4ccccc4N3CC)C2[O-])C=Cc2ccccc21. The summed E-state index contributed by atoms with van der Waals surface area (Å²) in [5.41, 5.74) is 5.85. The molecule has 2 aliphatic heterocycles. The first kappa shape index (κ1) is 22.4. The summed E-state index contributed by atoms with van der Waals surface area (Å²) in [6, 6.07) is 16.0. The molecule has 0 bridgehead atoms. The molecule has 2 aromatic carbocycles. The van der Waals surface area contributed by atoms with Gasteiger partial charge in [-0.25, -0.2) is 0 Å². The van der Waals surface area contributed by atoms with Crippen LogP contribution in [0, 0.1) is 11.8 Å². The van der Waals surface area contributed by atoms with Crippen LogP contribution in [0.25, 0.3) is 12.2 Å². The molecule has 5 heteroatoms. The second-order valence-electron chi connectivity index (χ2n) is 8.85. The Morgan fingerprint density at radius 3 is 1.79 bits per heavy atom. The van der Waals surface area contributed by atoms with E-state index in [1.54, 1.807) is 12.2 Å². The monoisotopic (exact) mass is 452 g/mol. The molecule has 0 spiro atoms. The highest BCUT2D eigenvalue weighted by molar-refractivity contribution is 5.91. The van der Waals surface area contributed by atoms with Crippen LogP contribution in [0.1, 0.15) is 25.0 Å². The van der Waals surface area contributed by atoms with Crippen molar-refractivity contribution in [1.82, 2.24) is 0 Å². The highest BCUT2D eigenvalue weighted by Gasteiger charge is 2.37. The summed E-state index contributed by atoms with van der Waals surface area (Å²) in [7, 11) is 0. The minimum Gasteiger partial charge on any atom is -0.851 e. The van der Waals surface area contributed by atoms with Crippen molar-refractivity contribution in [1.29, 1.82) is 0 Å². The average Bonchev–Trinajstić information content (AvgIpc) is 3.06. The molecule has 0 radical (unpaired) electrons. The Labute approximate surface area is 200 Å². The summed E-state index contributed by atoms with van der Waals surface area (Å²) in [4.78, 5) is 17.1. The number of Topliss-reactive ketones (excluding diaryl/α,β-unsaturated/α-hetero) is 1. The van der Waals surface area contributed by atoms with Gasteiger partial charge in [-0.3, -0.25) is 0 Å². The van der Waals surface area contributed by atoms with Gasteiger partial charge >= 0.3 is 0 Å². The average molecular weight is 453 g/mol. The highest BCUT2D eigenvalue weighted by atomic mass is 16.3. The third-order valence-electron chi connectivity index (χ3n) is 6.98. The van der Waals surface area contributed by atoms with Crippen molar-refractivity contribution in [2.24, 2.45) is 11.8 Å². The number of carbonyl (C=O) groups excluding carboxylic acids is 1. The number of hydrogen-bond acceptors (Lipinski definition) is 5. The quantitative estimate of drug-likeness (QED) is 0.713. The number of allylic oxidation sites excluding steroid dienone is 2. The normalized spacial score (nSPS) is 28.1. The van der Waals surface area contributed by atoms with Crippen LogP contribution >= 0.6 is 0 Å². The van der Waals surface area contributed by atoms with Crippen LogP contribution in [-0.2, 0) is 4.79 Å².